The van der Waals surface area contributed by atoms with Crippen LogP contribution in [0.2, 0.25) is 0 Å². The number of ether oxygens (including phenoxy) is 3. The lowest BCUT2D eigenvalue weighted by atomic mass is 9.97. The maximum atomic E-state index is 6.47. The molecule has 2 unspecified atom stereocenters. The van der Waals surface area contributed by atoms with Crippen LogP contribution in [0.5, 0.6) is 0 Å². The first-order valence-electron chi connectivity index (χ1n) is 12.8. The van der Waals surface area contributed by atoms with Crippen molar-refractivity contribution in [3.8, 4) is 0 Å². The summed E-state index contributed by atoms with van der Waals surface area (Å²) in [5.74, 6) is 0. The first-order valence-corrected chi connectivity index (χ1v) is 12.8. The molecule has 3 heterocycles. The normalized spacial score (nSPS) is 37.3. The van der Waals surface area contributed by atoms with Gasteiger partial charge in [-0.05, 0) is 61.8 Å². The van der Waals surface area contributed by atoms with Crippen LogP contribution in [0, 0.1) is 0 Å². The van der Waals surface area contributed by atoms with E-state index in [1.54, 1.807) is 0 Å². The van der Waals surface area contributed by atoms with E-state index in [1.165, 1.54) is 0 Å². The third kappa shape index (κ3) is 6.64. The van der Waals surface area contributed by atoms with Crippen molar-refractivity contribution < 1.29 is 14.2 Å². The highest BCUT2D eigenvalue weighted by molar-refractivity contribution is 4.91. The average molecular weight is 440 g/mol. The Morgan fingerprint density at radius 2 is 1.48 bits per heavy atom. The molecule has 0 bridgehead atoms. The van der Waals surface area contributed by atoms with Gasteiger partial charge in [0.25, 0.3) is 0 Å². The number of rotatable bonds is 7. The fraction of sp³-hybridized carbons (Fsp3) is 1.00. The lowest BCUT2D eigenvalue weighted by Gasteiger charge is -2.48. The second-order valence-corrected chi connectivity index (χ2v) is 11.1. The third-order valence-corrected chi connectivity index (χ3v) is 7.42. The smallest absolute Gasteiger partial charge is 0.0731 e. The summed E-state index contributed by atoms with van der Waals surface area (Å²) >= 11 is 0. The maximum Gasteiger partial charge on any atom is 0.0731 e. The molecule has 6 atom stereocenters. The van der Waals surface area contributed by atoms with Gasteiger partial charge in [-0.3, -0.25) is 14.7 Å². The van der Waals surface area contributed by atoms with Gasteiger partial charge in [-0.2, -0.15) is 0 Å². The lowest BCUT2D eigenvalue weighted by Crippen LogP contribution is -2.59. The summed E-state index contributed by atoms with van der Waals surface area (Å²) in [6.07, 6.45) is 2.93. The molecule has 0 radical (unpaired) electrons. The van der Waals surface area contributed by atoms with Crippen molar-refractivity contribution in [3.63, 3.8) is 0 Å². The van der Waals surface area contributed by atoms with Crippen molar-refractivity contribution >= 4 is 0 Å². The van der Waals surface area contributed by atoms with Gasteiger partial charge in [-0.15, -0.1) is 0 Å². The molecule has 3 saturated heterocycles. The van der Waals surface area contributed by atoms with Gasteiger partial charge in [0, 0.05) is 62.3 Å². The van der Waals surface area contributed by atoms with Gasteiger partial charge >= 0.3 is 0 Å². The molecule has 0 aromatic carbocycles. The Morgan fingerprint density at radius 3 is 2.13 bits per heavy atom. The van der Waals surface area contributed by atoms with Gasteiger partial charge in [0.1, 0.15) is 0 Å². The van der Waals surface area contributed by atoms with Gasteiger partial charge in [-0.25, -0.2) is 0 Å². The molecular formula is C25H49N3O3. The van der Waals surface area contributed by atoms with E-state index >= 15 is 0 Å². The van der Waals surface area contributed by atoms with Crippen LogP contribution in [0.15, 0.2) is 0 Å². The Labute approximate surface area is 191 Å². The van der Waals surface area contributed by atoms with Crippen LogP contribution >= 0.6 is 0 Å². The van der Waals surface area contributed by atoms with E-state index in [0.29, 0.717) is 42.4 Å². The Hall–Kier alpha value is -0.240. The minimum atomic E-state index is 0.255. The Kier molecular flexibility index (Phi) is 9.22. The van der Waals surface area contributed by atoms with Crippen molar-refractivity contribution in [1.82, 2.24) is 14.7 Å². The fourth-order valence-corrected chi connectivity index (χ4v) is 6.03. The first-order chi connectivity index (χ1) is 14.7. The lowest BCUT2D eigenvalue weighted by molar-refractivity contribution is -0.136. The van der Waals surface area contributed by atoms with E-state index in [9.17, 15) is 0 Å². The van der Waals surface area contributed by atoms with Crippen LogP contribution in [0.25, 0.3) is 0 Å². The number of nitrogens with zero attached hydrogens (tertiary/aromatic N) is 3. The molecule has 3 aliphatic heterocycles. The standard InChI is InChI=1S/C25H49N3O3/c1-17(2)26-11-21(8)31-25(12-26)10-24-13-27(18(3)4)22(16-30-24)9-23-15-29-14-20(7)28(23)19(5)6/h17-25H,9-16H2,1-8H3/t20-,21+,22+,23?,24?,25+/m0/s1. The van der Waals surface area contributed by atoms with Crippen molar-refractivity contribution in [2.45, 2.75) is 123 Å². The maximum absolute atomic E-state index is 6.47. The molecule has 6 nitrogen and oxygen atoms in total. The van der Waals surface area contributed by atoms with Crippen molar-refractivity contribution in [2.75, 3.05) is 39.5 Å². The van der Waals surface area contributed by atoms with Gasteiger partial charge in [0.15, 0.2) is 0 Å². The highest BCUT2D eigenvalue weighted by Gasteiger charge is 2.38. The minimum absolute atomic E-state index is 0.255. The zero-order valence-corrected chi connectivity index (χ0v) is 21.4. The highest BCUT2D eigenvalue weighted by atomic mass is 16.5. The number of morpholine rings is 3. The van der Waals surface area contributed by atoms with E-state index in [2.05, 4.69) is 70.1 Å². The van der Waals surface area contributed by atoms with Crippen molar-refractivity contribution in [1.29, 1.82) is 0 Å². The van der Waals surface area contributed by atoms with E-state index < -0.39 is 0 Å². The van der Waals surface area contributed by atoms with Crippen molar-refractivity contribution in [3.05, 3.63) is 0 Å². The van der Waals surface area contributed by atoms with E-state index in [4.69, 9.17) is 14.2 Å². The van der Waals surface area contributed by atoms with Gasteiger partial charge in [0.2, 0.25) is 0 Å². The van der Waals surface area contributed by atoms with Gasteiger partial charge in [0.05, 0.1) is 38.1 Å². The third-order valence-electron chi connectivity index (χ3n) is 7.42. The second kappa shape index (κ2) is 11.3. The van der Waals surface area contributed by atoms with Crippen LogP contribution in [0.1, 0.15) is 68.2 Å². The molecule has 0 amide bonds. The zero-order chi connectivity index (χ0) is 22.7. The summed E-state index contributed by atoms with van der Waals surface area (Å²) in [6.45, 7) is 23.9. The predicted molar refractivity (Wildman–Crippen MR) is 127 cm³/mol. The Morgan fingerprint density at radius 1 is 0.742 bits per heavy atom. The van der Waals surface area contributed by atoms with E-state index in [-0.39, 0.29) is 12.2 Å². The summed E-state index contributed by atoms with van der Waals surface area (Å²) < 4.78 is 18.7. The molecule has 0 aromatic rings. The molecule has 31 heavy (non-hydrogen) atoms. The molecule has 6 heteroatoms. The molecule has 3 fully saturated rings. The van der Waals surface area contributed by atoms with Crippen LogP contribution in [-0.2, 0) is 14.2 Å². The van der Waals surface area contributed by atoms with Gasteiger partial charge < -0.3 is 14.2 Å². The molecule has 0 aliphatic carbocycles. The van der Waals surface area contributed by atoms with Crippen LogP contribution in [0.4, 0.5) is 0 Å². The van der Waals surface area contributed by atoms with Crippen molar-refractivity contribution in [2.24, 2.45) is 0 Å². The van der Waals surface area contributed by atoms with Crippen LogP contribution in [0.3, 0.4) is 0 Å². The van der Waals surface area contributed by atoms with Gasteiger partial charge in [-0.1, -0.05) is 0 Å². The zero-order valence-electron chi connectivity index (χ0n) is 21.4. The SMILES string of the molecule is CC(C)N1C[C@@H](CC2CN(C(C)C)[C@H](CC3COC[C@H](C)N3C(C)C)CO2)O[C@H](C)C1. The average Bonchev–Trinajstić information content (AvgIpc) is 2.68. The summed E-state index contributed by atoms with van der Waals surface area (Å²) in [5.41, 5.74) is 0. The molecule has 3 aliphatic rings. The molecule has 0 saturated carbocycles. The first kappa shape index (κ1) is 25.4. The Bertz CT molecular complexity index is 544. The van der Waals surface area contributed by atoms with E-state index in [0.717, 1.165) is 52.3 Å². The van der Waals surface area contributed by atoms with E-state index in [1.807, 2.05) is 0 Å². The molecule has 0 N–H and O–H groups in total. The molecular weight excluding hydrogens is 390 g/mol. The summed E-state index contributed by atoms with van der Waals surface area (Å²) in [6, 6.07) is 3.04. The van der Waals surface area contributed by atoms with Crippen LogP contribution in [-0.4, -0.2) is 109 Å². The topological polar surface area (TPSA) is 37.4 Å². The fourth-order valence-electron chi connectivity index (χ4n) is 6.03. The summed E-state index contributed by atoms with van der Waals surface area (Å²) in [7, 11) is 0. The molecule has 182 valence electrons. The molecule has 3 rings (SSSR count). The number of hydrogen-bond donors (Lipinski definition) is 0. The largest absolute Gasteiger partial charge is 0.378 e. The minimum Gasteiger partial charge on any atom is -0.378 e. The second-order valence-electron chi connectivity index (χ2n) is 11.1. The Balaban J connectivity index is 1.59. The number of hydrogen-bond acceptors (Lipinski definition) is 6. The monoisotopic (exact) mass is 439 g/mol. The van der Waals surface area contributed by atoms with Crippen LogP contribution < -0.4 is 0 Å². The molecule has 0 spiro atoms. The summed E-state index contributed by atoms with van der Waals surface area (Å²) in [4.78, 5) is 7.89. The summed E-state index contributed by atoms with van der Waals surface area (Å²) in [5, 5.41) is 0. The highest BCUT2D eigenvalue weighted by Crippen LogP contribution is 2.27. The predicted octanol–water partition coefficient (Wildman–Crippen LogP) is 3.24. The quantitative estimate of drug-likeness (QED) is 0.606. The molecule has 0 aromatic heterocycles.